The molecule has 2 aliphatic rings. The number of amides is 3. The molecule has 9 heteroatoms. The standard InChI is InChI=1S/C28H31N5O4/c1-18-8-10-19(11-9-18)14-29-25(34)23-24-26(35)33(21-12-13-21)28(2,16-32(24)17-31-23)27(36)30-15-20-6-4-5-7-22(20)37-3/h4-11,17,21H,12-16H2,1-3H3,(H,29,34)(H,30,36)/t28-/m0/s1. The van der Waals surface area contributed by atoms with E-state index in [1.165, 1.54) is 6.33 Å². The fourth-order valence-electron chi connectivity index (χ4n) is 4.91. The van der Waals surface area contributed by atoms with Gasteiger partial charge in [0, 0.05) is 24.7 Å². The molecular weight excluding hydrogens is 470 g/mol. The maximum absolute atomic E-state index is 13.8. The normalized spacial score (nSPS) is 18.8. The van der Waals surface area contributed by atoms with Crippen LogP contribution in [0.3, 0.4) is 0 Å². The maximum atomic E-state index is 13.8. The third-order valence-corrected chi connectivity index (χ3v) is 7.09. The molecule has 3 amide bonds. The number of aromatic nitrogens is 2. The number of nitrogens with one attached hydrogen (secondary N) is 2. The predicted molar refractivity (Wildman–Crippen MR) is 137 cm³/mol. The Balaban J connectivity index is 1.36. The van der Waals surface area contributed by atoms with E-state index in [0.29, 0.717) is 12.3 Å². The summed E-state index contributed by atoms with van der Waals surface area (Å²) >= 11 is 0. The first-order valence-electron chi connectivity index (χ1n) is 12.4. The number of hydrogen-bond donors (Lipinski definition) is 2. The number of nitrogens with zero attached hydrogens (tertiary/aromatic N) is 3. The number of benzene rings is 2. The highest BCUT2D eigenvalue weighted by Crippen LogP contribution is 2.39. The van der Waals surface area contributed by atoms with Gasteiger partial charge in [-0.25, -0.2) is 4.98 Å². The zero-order chi connectivity index (χ0) is 26.2. The van der Waals surface area contributed by atoms with Crippen LogP contribution in [0.2, 0.25) is 0 Å². The lowest BCUT2D eigenvalue weighted by atomic mass is 9.93. The van der Waals surface area contributed by atoms with Crippen molar-refractivity contribution in [2.24, 2.45) is 0 Å². The van der Waals surface area contributed by atoms with Gasteiger partial charge in [0.05, 0.1) is 20.0 Å². The van der Waals surface area contributed by atoms with E-state index in [-0.39, 0.29) is 42.3 Å². The average Bonchev–Trinajstić information content (AvgIpc) is 3.64. The molecule has 1 aliphatic carbocycles. The molecular formula is C28H31N5O4. The summed E-state index contributed by atoms with van der Waals surface area (Å²) in [7, 11) is 1.59. The quantitative estimate of drug-likeness (QED) is 0.494. The number of hydrogen-bond acceptors (Lipinski definition) is 5. The van der Waals surface area contributed by atoms with Crippen LogP contribution in [0.15, 0.2) is 54.9 Å². The van der Waals surface area contributed by atoms with Crippen molar-refractivity contribution in [1.82, 2.24) is 25.1 Å². The molecule has 1 saturated carbocycles. The first-order valence-corrected chi connectivity index (χ1v) is 12.4. The van der Waals surface area contributed by atoms with Crippen molar-refractivity contribution in [2.75, 3.05) is 7.11 Å². The highest BCUT2D eigenvalue weighted by atomic mass is 16.5. The van der Waals surface area contributed by atoms with Crippen molar-refractivity contribution in [3.63, 3.8) is 0 Å². The van der Waals surface area contributed by atoms with E-state index >= 15 is 0 Å². The SMILES string of the molecule is COc1ccccc1CNC(=O)[C@]1(C)Cn2cnc(C(=O)NCc3ccc(C)cc3)c2C(=O)N1C1CC1. The third-order valence-electron chi connectivity index (χ3n) is 7.09. The molecule has 0 unspecified atom stereocenters. The van der Waals surface area contributed by atoms with Crippen LogP contribution in [0.5, 0.6) is 5.75 Å². The highest BCUT2D eigenvalue weighted by Gasteiger charge is 2.53. The second-order valence-electron chi connectivity index (χ2n) is 9.91. The topological polar surface area (TPSA) is 106 Å². The molecule has 37 heavy (non-hydrogen) atoms. The van der Waals surface area contributed by atoms with Gasteiger partial charge in [0.15, 0.2) is 5.69 Å². The van der Waals surface area contributed by atoms with E-state index < -0.39 is 11.4 Å². The number of imidazole rings is 1. The van der Waals surface area contributed by atoms with Crippen molar-refractivity contribution in [1.29, 1.82) is 0 Å². The summed E-state index contributed by atoms with van der Waals surface area (Å²) < 4.78 is 7.02. The second kappa shape index (κ2) is 9.72. The molecule has 0 saturated heterocycles. The molecule has 3 aromatic rings. The summed E-state index contributed by atoms with van der Waals surface area (Å²) in [5, 5.41) is 5.86. The molecule has 1 aromatic heterocycles. The van der Waals surface area contributed by atoms with Crippen molar-refractivity contribution >= 4 is 17.7 Å². The Hall–Kier alpha value is -4.14. The summed E-state index contributed by atoms with van der Waals surface area (Å²) in [6.07, 6.45) is 3.12. The lowest BCUT2D eigenvalue weighted by molar-refractivity contribution is -0.133. The van der Waals surface area contributed by atoms with E-state index in [4.69, 9.17) is 4.74 Å². The van der Waals surface area contributed by atoms with E-state index in [1.54, 1.807) is 23.5 Å². The van der Waals surface area contributed by atoms with Gasteiger partial charge in [0.25, 0.3) is 11.8 Å². The van der Waals surface area contributed by atoms with Crippen LogP contribution in [0, 0.1) is 6.92 Å². The zero-order valence-electron chi connectivity index (χ0n) is 21.3. The lowest BCUT2D eigenvalue weighted by Gasteiger charge is -2.44. The van der Waals surface area contributed by atoms with Gasteiger partial charge in [-0.2, -0.15) is 0 Å². The Morgan fingerprint density at radius 1 is 1.08 bits per heavy atom. The summed E-state index contributed by atoms with van der Waals surface area (Å²) in [5.41, 5.74) is 2.13. The van der Waals surface area contributed by atoms with Crippen LogP contribution < -0.4 is 15.4 Å². The van der Waals surface area contributed by atoms with Gasteiger partial charge in [-0.3, -0.25) is 14.4 Å². The van der Waals surface area contributed by atoms with Crippen molar-refractivity contribution in [3.8, 4) is 5.75 Å². The molecule has 0 bridgehead atoms. The maximum Gasteiger partial charge on any atom is 0.274 e. The molecule has 192 valence electrons. The summed E-state index contributed by atoms with van der Waals surface area (Å²) in [6, 6.07) is 15.3. The predicted octanol–water partition coefficient (Wildman–Crippen LogP) is 2.82. The first-order chi connectivity index (χ1) is 17.8. The van der Waals surface area contributed by atoms with Gasteiger partial charge < -0.3 is 24.8 Å². The molecule has 2 N–H and O–H groups in total. The van der Waals surface area contributed by atoms with Gasteiger partial charge in [0.1, 0.15) is 17.0 Å². The molecule has 2 aromatic carbocycles. The minimum Gasteiger partial charge on any atom is -0.496 e. The van der Waals surface area contributed by atoms with Crippen LogP contribution >= 0.6 is 0 Å². The Morgan fingerprint density at radius 2 is 1.81 bits per heavy atom. The van der Waals surface area contributed by atoms with Gasteiger partial charge in [-0.05, 0) is 38.3 Å². The summed E-state index contributed by atoms with van der Waals surface area (Å²) in [4.78, 5) is 46.3. The largest absolute Gasteiger partial charge is 0.496 e. The molecule has 0 spiro atoms. The molecule has 1 atom stereocenters. The van der Waals surface area contributed by atoms with Gasteiger partial charge in [0.2, 0.25) is 5.91 Å². The number of ether oxygens (including phenoxy) is 1. The van der Waals surface area contributed by atoms with Gasteiger partial charge in [-0.1, -0.05) is 48.0 Å². The van der Waals surface area contributed by atoms with Gasteiger partial charge in [-0.15, -0.1) is 0 Å². The minimum atomic E-state index is -1.12. The number of para-hydroxylation sites is 1. The third kappa shape index (κ3) is 4.69. The molecule has 1 aliphatic heterocycles. The van der Waals surface area contributed by atoms with Crippen LogP contribution in [-0.4, -0.2) is 50.9 Å². The number of fused-ring (bicyclic) bond motifs is 1. The van der Waals surface area contributed by atoms with Crippen molar-refractivity contribution in [2.45, 2.75) is 57.9 Å². The van der Waals surface area contributed by atoms with Gasteiger partial charge >= 0.3 is 0 Å². The molecule has 0 radical (unpaired) electrons. The number of carbonyl (C=O) groups is 3. The van der Waals surface area contributed by atoms with Crippen LogP contribution in [0.4, 0.5) is 0 Å². The molecule has 5 rings (SSSR count). The van der Waals surface area contributed by atoms with Crippen molar-refractivity contribution in [3.05, 3.63) is 82.9 Å². The zero-order valence-corrected chi connectivity index (χ0v) is 21.3. The van der Waals surface area contributed by atoms with E-state index in [1.807, 2.05) is 55.5 Å². The first kappa shape index (κ1) is 24.5. The molecule has 1 fully saturated rings. The lowest BCUT2D eigenvalue weighted by Crippen LogP contribution is -2.64. The highest BCUT2D eigenvalue weighted by molar-refractivity contribution is 6.07. The Bertz CT molecular complexity index is 1340. The minimum absolute atomic E-state index is 0.0402. The summed E-state index contributed by atoms with van der Waals surface area (Å²) in [5.74, 6) is -0.336. The Labute approximate surface area is 215 Å². The Morgan fingerprint density at radius 3 is 2.51 bits per heavy atom. The number of aryl methyl sites for hydroxylation is 1. The van der Waals surface area contributed by atoms with Crippen LogP contribution in [0.25, 0.3) is 0 Å². The van der Waals surface area contributed by atoms with E-state index in [9.17, 15) is 14.4 Å². The number of carbonyl (C=O) groups excluding carboxylic acids is 3. The molecule has 2 heterocycles. The summed E-state index contributed by atoms with van der Waals surface area (Å²) in [6.45, 7) is 4.59. The van der Waals surface area contributed by atoms with Crippen LogP contribution in [0.1, 0.15) is 57.4 Å². The monoisotopic (exact) mass is 501 g/mol. The second-order valence-corrected chi connectivity index (χ2v) is 9.91. The van der Waals surface area contributed by atoms with Crippen molar-refractivity contribution < 1.29 is 19.1 Å². The van der Waals surface area contributed by atoms with E-state index in [2.05, 4.69) is 15.6 Å². The number of rotatable bonds is 8. The average molecular weight is 502 g/mol. The Kier molecular flexibility index (Phi) is 6.45. The fourth-order valence-corrected chi connectivity index (χ4v) is 4.91. The molecule has 9 nitrogen and oxygen atoms in total. The fraction of sp³-hybridized carbons (Fsp3) is 0.357. The van der Waals surface area contributed by atoms with Crippen LogP contribution in [-0.2, 0) is 24.4 Å². The number of methoxy groups -OCH3 is 1. The van der Waals surface area contributed by atoms with E-state index in [0.717, 1.165) is 29.5 Å². The smallest absolute Gasteiger partial charge is 0.274 e.